The van der Waals surface area contributed by atoms with Gasteiger partial charge >= 0.3 is 6.09 Å². The van der Waals surface area contributed by atoms with Crippen LogP contribution in [0.25, 0.3) is 0 Å². The number of benzene rings is 2. The first-order chi connectivity index (χ1) is 12.4. The summed E-state index contributed by atoms with van der Waals surface area (Å²) in [6.07, 6.45) is -0.888. The Hall–Kier alpha value is -2.49. The van der Waals surface area contributed by atoms with E-state index in [1.807, 2.05) is 34.7 Å². The maximum Gasteiger partial charge on any atom is 0.407 e. The van der Waals surface area contributed by atoms with E-state index in [0.29, 0.717) is 41.0 Å². The van der Waals surface area contributed by atoms with E-state index in [1.54, 1.807) is 24.3 Å². The zero-order valence-electron chi connectivity index (χ0n) is 13.9. The average Bonchev–Trinajstić information content (AvgIpc) is 2.65. The molecular formula is C18H18IN3O4. The van der Waals surface area contributed by atoms with Gasteiger partial charge < -0.3 is 25.3 Å². The van der Waals surface area contributed by atoms with Crippen LogP contribution in [0.5, 0.6) is 5.75 Å². The second-order valence-electron chi connectivity index (χ2n) is 5.92. The Morgan fingerprint density at radius 1 is 1.00 bits per heavy atom. The van der Waals surface area contributed by atoms with Crippen molar-refractivity contribution in [1.82, 2.24) is 4.90 Å². The maximum absolute atomic E-state index is 12.4. The van der Waals surface area contributed by atoms with Crippen molar-refractivity contribution in [1.29, 1.82) is 0 Å². The largest absolute Gasteiger partial charge is 0.507 e. The fraction of sp³-hybridized carbons (Fsp3) is 0.222. The van der Waals surface area contributed by atoms with Gasteiger partial charge in [-0.25, -0.2) is 4.79 Å². The van der Waals surface area contributed by atoms with Crippen molar-refractivity contribution in [3.63, 3.8) is 0 Å². The molecule has 0 bridgehead atoms. The van der Waals surface area contributed by atoms with Gasteiger partial charge in [-0.2, -0.15) is 0 Å². The van der Waals surface area contributed by atoms with Crippen LogP contribution in [0.1, 0.15) is 10.4 Å². The summed E-state index contributed by atoms with van der Waals surface area (Å²) < 4.78 is 0.663. The first kappa shape index (κ1) is 18.3. The molecule has 0 unspecified atom stereocenters. The lowest BCUT2D eigenvalue weighted by Crippen LogP contribution is -2.48. The molecule has 2 amide bonds. The summed E-state index contributed by atoms with van der Waals surface area (Å²) in [7, 11) is 0. The van der Waals surface area contributed by atoms with Crippen LogP contribution in [-0.4, -0.2) is 53.3 Å². The van der Waals surface area contributed by atoms with Crippen molar-refractivity contribution >= 4 is 46.0 Å². The molecule has 0 aromatic heterocycles. The van der Waals surface area contributed by atoms with E-state index >= 15 is 0 Å². The van der Waals surface area contributed by atoms with Crippen LogP contribution in [0.15, 0.2) is 42.5 Å². The summed E-state index contributed by atoms with van der Waals surface area (Å²) in [6, 6.07) is 12.1. The number of carbonyl (C=O) groups excluding carboxylic acids is 1. The summed E-state index contributed by atoms with van der Waals surface area (Å²) >= 11 is 2.00. The second-order valence-corrected chi connectivity index (χ2v) is 7.09. The van der Waals surface area contributed by atoms with Gasteiger partial charge in [-0.05, 0) is 65.1 Å². The van der Waals surface area contributed by atoms with Crippen molar-refractivity contribution in [3.8, 4) is 5.75 Å². The summed E-state index contributed by atoms with van der Waals surface area (Å²) in [5.41, 5.74) is 2.11. The predicted molar refractivity (Wildman–Crippen MR) is 107 cm³/mol. The zero-order chi connectivity index (χ0) is 18.7. The van der Waals surface area contributed by atoms with Crippen molar-refractivity contribution in [2.45, 2.75) is 0 Å². The number of nitrogens with one attached hydrogen (secondary N) is 1. The minimum atomic E-state index is -0.888. The highest BCUT2D eigenvalue weighted by Gasteiger charge is 2.20. The van der Waals surface area contributed by atoms with Gasteiger partial charge in [0, 0.05) is 43.1 Å². The third-order valence-corrected chi connectivity index (χ3v) is 5.11. The summed E-state index contributed by atoms with van der Waals surface area (Å²) in [6.45, 7) is 2.20. The molecule has 0 radical (unpaired) electrons. The topological polar surface area (TPSA) is 93.1 Å². The predicted octanol–water partition coefficient (Wildman–Crippen LogP) is 3.05. The first-order valence-corrected chi connectivity index (χ1v) is 9.14. The molecule has 26 heavy (non-hydrogen) atoms. The standard InChI is InChI=1S/C18H18IN3O4/c19-15-11-13(3-6-16(15)23)20-17(24)12-1-4-14(5-2-12)21-7-9-22(10-8-21)18(25)26/h1-6,11,23H,7-10H2,(H,20,24)(H,25,26). The molecule has 0 saturated carbocycles. The molecule has 136 valence electrons. The lowest BCUT2D eigenvalue weighted by atomic mass is 10.1. The molecule has 1 fully saturated rings. The SMILES string of the molecule is O=C(Nc1ccc(O)c(I)c1)c1ccc(N2CCN(C(=O)O)CC2)cc1. The van der Waals surface area contributed by atoms with Crippen LogP contribution in [0.2, 0.25) is 0 Å². The van der Waals surface area contributed by atoms with Crippen LogP contribution < -0.4 is 10.2 Å². The Morgan fingerprint density at radius 3 is 2.23 bits per heavy atom. The normalized spacial score (nSPS) is 14.2. The molecule has 1 heterocycles. The summed E-state index contributed by atoms with van der Waals surface area (Å²) in [5, 5.41) is 21.3. The second kappa shape index (κ2) is 7.81. The molecule has 1 aliphatic rings. The zero-order valence-corrected chi connectivity index (χ0v) is 16.0. The van der Waals surface area contributed by atoms with Gasteiger partial charge in [0.05, 0.1) is 3.57 Å². The van der Waals surface area contributed by atoms with E-state index in [9.17, 15) is 14.7 Å². The highest BCUT2D eigenvalue weighted by atomic mass is 127. The van der Waals surface area contributed by atoms with Gasteiger partial charge in [-0.1, -0.05) is 0 Å². The Labute approximate surface area is 164 Å². The van der Waals surface area contributed by atoms with E-state index in [-0.39, 0.29) is 11.7 Å². The van der Waals surface area contributed by atoms with E-state index in [2.05, 4.69) is 10.2 Å². The minimum Gasteiger partial charge on any atom is -0.507 e. The smallest absolute Gasteiger partial charge is 0.407 e. The van der Waals surface area contributed by atoms with Crippen molar-refractivity contribution < 1.29 is 19.8 Å². The number of phenolic OH excluding ortho intramolecular Hbond substituents is 1. The average molecular weight is 467 g/mol. The number of halogens is 1. The Kier molecular flexibility index (Phi) is 5.50. The van der Waals surface area contributed by atoms with Gasteiger partial charge in [0.25, 0.3) is 5.91 Å². The number of phenols is 1. The number of piperazine rings is 1. The molecule has 3 N–H and O–H groups in total. The lowest BCUT2D eigenvalue weighted by molar-refractivity contribution is 0.102. The van der Waals surface area contributed by atoms with Crippen LogP contribution in [0.4, 0.5) is 16.2 Å². The maximum atomic E-state index is 12.4. The molecule has 2 aromatic carbocycles. The highest BCUT2D eigenvalue weighted by molar-refractivity contribution is 14.1. The van der Waals surface area contributed by atoms with Gasteiger partial charge in [0.1, 0.15) is 5.75 Å². The van der Waals surface area contributed by atoms with Crippen molar-refractivity contribution in [2.75, 3.05) is 36.4 Å². The highest BCUT2D eigenvalue weighted by Crippen LogP contribution is 2.23. The molecule has 0 spiro atoms. The van der Waals surface area contributed by atoms with Crippen LogP contribution in [0.3, 0.4) is 0 Å². The molecule has 2 aromatic rings. The summed E-state index contributed by atoms with van der Waals surface area (Å²) in [4.78, 5) is 26.8. The molecule has 8 heteroatoms. The van der Waals surface area contributed by atoms with Crippen molar-refractivity contribution in [2.24, 2.45) is 0 Å². The minimum absolute atomic E-state index is 0.177. The van der Waals surface area contributed by atoms with Gasteiger partial charge in [-0.3, -0.25) is 4.79 Å². The van der Waals surface area contributed by atoms with E-state index < -0.39 is 6.09 Å². The molecule has 7 nitrogen and oxygen atoms in total. The first-order valence-electron chi connectivity index (χ1n) is 8.07. The van der Waals surface area contributed by atoms with Gasteiger partial charge in [0.15, 0.2) is 0 Å². The van der Waals surface area contributed by atoms with Gasteiger partial charge in [0.2, 0.25) is 0 Å². The molecule has 0 atom stereocenters. The number of nitrogens with zero attached hydrogens (tertiary/aromatic N) is 2. The number of hydrogen-bond donors (Lipinski definition) is 3. The van der Waals surface area contributed by atoms with E-state index in [0.717, 1.165) is 5.69 Å². The Balaban J connectivity index is 1.63. The molecule has 1 saturated heterocycles. The number of carboxylic acid groups (broad SMARTS) is 1. The van der Waals surface area contributed by atoms with Crippen LogP contribution in [-0.2, 0) is 0 Å². The fourth-order valence-corrected chi connectivity index (χ4v) is 3.28. The summed E-state index contributed by atoms with van der Waals surface area (Å²) in [5.74, 6) is -0.0512. The Bertz CT molecular complexity index is 818. The Morgan fingerprint density at radius 2 is 1.65 bits per heavy atom. The monoisotopic (exact) mass is 467 g/mol. The number of hydrogen-bond acceptors (Lipinski definition) is 4. The van der Waals surface area contributed by atoms with E-state index in [1.165, 1.54) is 11.0 Å². The molecule has 0 aliphatic carbocycles. The molecule has 3 rings (SSSR count). The van der Waals surface area contributed by atoms with Crippen molar-refractivity contribution in [3.05, 3.63) is 51.6 Å². The van der Waals surface area contributed by atoms with Crippen LogP contribution >= 0.6 is 22.6 Å². The third kappa shape index (κ3) is 4.18. The fourth-order valence-electron chi connectivity index (χ4n) is 2.77. The quantitative estimate of drug-likeness (QED) is 0.477. The number of carbonyl (C=O) groups is 2. The lowest BCUT2D eigenvalue weighted by Gasteiger charge is -2.34. The van der Waals surface area contributed by atoms with Gasteiger partial charge in [-0.15, -0.1) is 0 Å². The number of anilines is 2. The molecular weight excluding hydrogens is 449 g/mol. The number of amides is 2. The third-order valence-electron chi connectivity index (χ3n) is 4.25. The molecule has 1 aliphatic heterocycles. The van der Waals surface area contributed by atoms with Crippen LogP contribution in [0, 0.1) is 3.57 Å². The number of aromatic hydroxyl groups is 1. The number of rotatable bonds is 3. The van der Waals surface area contributed by atoms with E-state index in [4.69, 9.17) is 5.11 Å².